The van der Waals surface area contributed by atoms with Crippen LogP contribution in [0.4, 0.5) is 4.39 Å². The third-order valence-electron chi connectivity index (χ3n) is 3.98. The Morgan fingerprint density at radius 1 is 1.29 bits per heavy atom. The fourth-order valence-corrected chi connectivity index (χ4v) is 3.15. The van der Waals surface area contributed by atoms with Crippen molar-refractivity contribution in [1.82, 2.24) is 14.9 Å². The molecule has 9 heteroatoms. The molecule has 0 fully saturated rings. The SMILES string of the molecule is CCOc1cc(CNn2c(C)n[nH]c2=S)cc(Cl)c1OCc1ccccc1F. The summed E-state index contributed by atoms with van der Waals surface area (Å²) < 4.78 is 27.4. The van der Waals surface area contributed by atoms with Gasteiger partial charge in [0.25, 0.3) is 0 Å². The summed E-state index contributed by atoms with van der Waals surface area (Å²) in [6.45, 7) is 4.63. The van der Waals surface area contributed by atoms with E-state index < -0.39 is 0 Å². The van der Waals surface area contributed by atoms with E-state index in [2.05, 4.69) is 15.6 Å². The summed E-state index contributed by atoms with van der Waals surface area (Å²) in [5, 5.41) is 7.14. The second kappa shape index (κ2) is 9.07. The molecule has 1 aromatic heterocycles. The first kappa shape index (κ1) is 20.2. The zero-order valence-corrected chi connectivity index (χ0v) is 17.0. The van der Waals surface area contributed by atoms with Crippen LogP contribution in [0.3, 0.4) is 0 Å². The number of ether oxygens (including phenoxy) is 2. The lowest BCUT2D eigenvalue weighted by molar-refractivity contribution is 0.266. The molecule has 2 N–H and O–H groups in total. The van der Waals surface area contributed by atoms with Gasteiger partial charge in [-0.05, 0) is 49.8 Å². The van der Waals surface area contributed by atoms with Crippen molar-refractivity contribution in [3.8, 4) is 11.5 Å². The van der Waals surface area contributed by atoms with Gasteiger partial charge in [-0.3, -0.25) is 5.10 Å². The van der Waals surface area contributed by atoms with E-state index in [0.29, 0.717) is 45.8 Å². The quantitative estimate of drug-likeness (QED) is 0.512. The van der Waals surface area contributed by atoms with Gasteiger partial charge in [-0.25, -0.2) is 9.07 Å². The predicted octanol–water partition coefficient (Wildman–Crippen LogP) is 4.76. The molecule has 2 aromatic carbocycles. The van der Waals surface area contributed by atoms with Crippen LogP contribution in [0, 0.1) is 17.5 Å². The van der Waals surface area contributed by atoms with E-state index in [-0.39, 0.29) is 12.4 Å². The molecule has 0 saturated heterocycles. The molecular formula is C19H20ClFN4O2S. The van der Waals surface area contributed by atoms with Gasteiger partial charge in [0, 0.05) is 5.56 Å². The molecule has 1 heterocycles. The van der Waals surface area contributed by atoms with Crippen LogP contribution in [0.2, 0.25) is 5.02 Å². The molecule has 0 aliphatic heterocycles. The maximum absolute atomic E-state index is 13.8. The van der Waals surface area contributed by atoms with Crippen molar-refractivity contribution in [3.63, 3.8) is 0 Å². The van der Waals surface area contributed by atoms with E-state index in [4.69, 9.17) is 33.3 Å². The number of benzene rings is 2. The van der Waals surface area contributed by atoms with Gasteiger partial charge >= 0.3 is 0 Å². The van der Waals surface area contributed by atoms with Gasteiger partial charge in [0.15, 0.2) is 11.5 Å². The third kappa shape index (κ3) is 4.63. The molecule has 0 atom stereocenters. The number of nitrogens with one attached hydrogen (secondary N) is 2. The lowest BCUT2D eigenvalue weighted by Crippen LogP contribution is -2.16. The van der Waals surface area contributed by atoms with Crippen molar-refractivity contribution in [3.05, 3.63) is 69.0 Å². The minimum Gasteiger partial charge on any atom is -0.490 e. The molecule has 3 aromatic rings. The Morgan fingerprint density at radius 3 is 2.75 bits per heavy atom. The highest BCUT2D eigenvalue weighted by atomic mass is 35.5. The van der Waals surface area contributed by atoms with E-state index in [1.54, 1.807) is 28.9 Å². The van der Waals surface area contributed by atoms with Gasteiger partial charge in [-0.1, -0.05) is 29.8 Å². The van der Waals surface area contributed by atoms with E-state index in [9.17, 15) is 4.39 Å². The van der Waals surface area contributed by atoms with Crippen molar-refractivity contribution in [2.45, 2.75) is 27.0 Å². The van der Waals surface area contributed by atoms with E-state index >= 15 is 0 Å². The number of H-pyrrole nitrogens is 1. The highest BCUT2D eigenvalue weighted by Crippen LogP contribution is 2.37. The molecule has 6 nitrogen and oxygen atoms in total. The summed E-state index contributed by atoms with van der Waals surface area (Å²) in [7, 11) is 0. The number of aromatic nitrogens is 3. The Bertz CT molecular complexity index is 1020. The van der Waals surface area contributed by atoms with Crippen molar-refractivity contribution in [2.75, 3.05) is 12.0 Å². The fourth-order valence-electron chi connectivity index (χ4n) is 2.62. The maximum atomic E-state index is 13.8. The minimum atomic E-state index is -0.329. The van der Waals surface area contributed by atoms with Crippen molar-refractivity contribution < 1.29 is 13.9 Å². The molecule has 0 spiro atoms. The summed E-state index contributed by atoms with van der Waals surface area (Å²) in [4.78, 5) is 0. The summed E-state index contributed by atoms with van der Waals surface area (Å²) in [5.41, 5.74) is 4.48. The summed E-state index contributed by atoms with van der Waals surface area (Å²) >= 11 is 11.6. The molecule has 0 aliphatic carbocycles. The third-order valence-corrected chi connectivity index (χ3v) is 4.53. The highest BCUT2D eigenvalue weighted by molar-refractivity contribution is 7.71. The molecule has 0 bridgehead atoms. The van der Waals surface area contributed by atoms with Gasteiger partial charge < -0.3 is 14.9 Å². The number of halogens is 2. The van der Waals surface area contributed by atoms with Gasteiger partial charge in [-0.15, -0.1) is 0 Å². The molecule has 28 heavy (non-hydrogen) atoms. The molecule has 0 saturated carbocycles. The normalized spacial score (nSPS) is 10.7. The Hall–Kier alpha value is -2.58. The lowest BCUT2D eigenvalue weighted by Gasteiger charge is -2.16. The summed E-state index contributed by atoms with van der Waals surface area (Å²) in [5.74, 6) is 1.26. The van der Waals surface area contributed by atoms with Crippen LogP contribution in [0.1, 0.15) is 23.9 Å². The van der Waals surface area contributed by atoms with Crippen LogP contribution in [-0.4, -0.2) is 21.5 Å². The Kier molecular flexibility index (Phi) is 6.53. The highest BCUT2D eigenvalue weighted by Gasteiger charge is 2.14. The topological polar surface area (TPSA) is 64.1 Å². The van der Waals surface area contributed by atoms with Crippen LogP contribution in [0.25, 0.3) is 0 Å². The van der Waals surface area contributed by atoms with E-state index in [1.807, 2.05) is 19.9 Å². The summed E-state index contributed by atoms with van der Waals surface area (Å²) in [6, 6.07) is 10.0. The average molecular weight is 423 g/mol. The monoisotopic (exact) mass is 422 g/mol. The number of hydrogen-bond donors (Lipinski definition) is 2. The lowest BCUT2D eigenvalue weighted by atomic mass is 10.2. The van der Waals surface area contributed by atoms with Crippen LogP contribution >= 0.6 is 23.8 Å². The van der Waals surface area contributed by atoms with Crippen molar-refractivity contribution in [2.24, 2.45) is 0 Å². The molecule has 3 rings (SSSR count). The van der Waals surface area contributed by atoms with Gasteiger partial charge in [0.2, 0.25) is 4.77 Å². The molecular weight excluding hydrogens is 403 g/mol. The second-order valence-corrected chi connectivity index (χ2v) is 6.76. The number of rotatable bonds is 8. The molecule has 0 amide bonds. The average Bonchev–Trinajstić information content (AvgIpc) is 2.99. The Morgan fingerprint density at radius 2 is 2.07 bits per heavy atom. The molecule has 0 aliphatic rings. The van der Waals surface area contributed by atoms with Crippen LogP contribution in [-0.2, 0) is 13.2 Å². The first-order valence-electron chi connectivity index (χ1n) is 8.69. The number of aromatic amines is 1. The van der Waals surface area contributed by atoms with Crippen molar-refractivity contribution >= 4 is 23.8 Å². The largest absolute Gasteiger partial charge is 0.490 e. The second-order valence-electron chi connectivity index (χ2n) is 5.96. The van der Waals surface area contributed by atoms with Crippen LogP contribution in [0.15, 0.2) is 36.4 Å². The van der Waals surface area contributed by atoms with Crippen molar-refractivity contribution in [1.29, 1.82) is 0 Å². The summed E-state index contributed by atoms with van der Waals surface area (Å²) in [6.07, 6.45) is 0. The molecule has 0 radical (unpaired) electrons. The Balaban J connectivity index is 1.79. The number of aryl methyl sites for hydroxylation is 1. The van der Waals surface area contributed by atoms with E-state index in [0.717, 1.165) is 5.56 Å². The molecule has 0 unspecified atom stereocenters. The zero-order valence-electron chi connectivity index (χ0n) is 15.5. The zero-order chi connectivity index (χ0) is 20.1. The van der Waals surface area contributed by atoms with Crippen LogP contribution < -0.4 is 14.9 Å². The van der Waals surface area contributed by atoms with E-state index in [1.165, 1.54) is 6.07 Å². The minimum absolute atomic E-state index is 0.0490. The fraction of sp³-hybridized carbons (Fsp3) is 0.263. The van der Waals surface area contributed by atoms with Crippen LogP contribution in [0.5, 0.6) is 11.5 Å². The standard InChI is InChI=1S/C19H20ClFN4O2S/c1-3-26-17-9-13(10-22-25-12(2)23-24-19(25)28)8-15(20)18(17)27-11-14-6-4-5-7-16(14)21/h4-9,22H,3,10-11H2,1-2H3,(H,24,28). The molecule has 148 valence electrons. The Labute approximate surface area is 172 Å². The number of nitrogens with zero attached hydrogens (tertiary/aromatic N) is 2. The predicted molar refractivity (Wildman–Crippen MR) is 109 cm³/mol. The smallest absolute Gasteiger partial charge is 0.214 e. The van der Waals surface area contributed by atoms with Gasteiger partial charge in [0.1, 0.15) is 18.2 Å². The van der Waals surface area contributed by atoms with Gasteiger partial charge in [0.05, 0.1) is 18.2 Å². The first-order valence-corrected chi connectivity index (χ1v) is 9.47. The number of hydrogen-bond acceptors (Lipinski definition) is 5. The first-order chi connectivity index (χ1) is 13.5. The van der Waals surface area contributed by atoms with Gasteiger partial charge in [-0.2, -0.15) is 5.10 Å². The maximum Gasteiger partial charge on any atom is 0.214 e.